The van der Waals surface area contributed by atoms with Crippen molar-refractivity contribution in [1.29, 1.82) is 0 Å². The van der Waals surface area contributed by atoms with E-state index in [2.05, 4.69) is 71.7 Å². The van der Waals surface area contributed by atoms with Gasteiger partial charge in [-0.05, 0) is 17.2 Å². The second-order valence-electron chi connectivity index (χ2n) is 6.96. The van der Waals surface area contributed by atoms with Crippen LogP contribution in [0.3, 0.4) is 0 Å². The topological polar surface area (TPSA) is 70.1 Å². The molecule has 4 rings (SSSR count). The zero-order chi connectivity index (χ0) is 19.7. The van der Waals surface area contributed by atoms with Crippen molar-refractivity contribution in [2.75, 3.05) is 42.9 Å². The molecule has 0 saturated carbocycles. The van der Waals surface area contributed by atoms with Gasteiger partial charge in [-0.15, -0.1) is 5.10 Å². The fraction of sp³-hybridized carbons (Fsp3) is 0.273. The number of hydrogen-bond donors (Lipinski definition) is 1. The minimum Gasteiger partial charge on any atom is -0.364 e. The van der Waals surface area contributed by atoms with Gasteiger partial charge >= 0.3 is 0 Å². The van der Waals surface area contributed by atoms with Gasteiger partial charge in [0.2, 0.25) is 5.95 Å². The Morgan fingerprint density at radius 3 is 2.62 bits per heavy atom. The van der Waals surface area contributed by atoms with Crippen LogP contribution in [-0.2, 0) is 6.54 Å². The summed E-state index contributed by atoms with van der Waals surface area (Å²) >= 11 is 0. The Balaban J connectivity index is 1.26. The molecule has 1 saturated heterocycles. The number of pyridine rings is 1. The largest absolute Gasteiger partial charge is 0.364 e. The molecular weight excluding hydrogens is 362 g/mol. The van der Waals surface area contributed by atoms with Crippen molar-refractivity contribution in [3.8, 4) is 0 Å². The molecule has 148 valence electrons. The van der Waals surface area contributed by atoms with Gasteiger partial charge in [-0.25, -0.2) is 0 Å². The first-order valence-corrected chi connectivity index (χ1v) is 9.88. The van der Waals surface area contributed by atoms with Crippen LogP contribution in [0.15, 0.2) is 67.1 Å². The summed E-state index contributed by atoms with van der Waals surface area (Å²) in [6.07, 6.45) is 9.67. The van der Waals surface area contributed by atoms with Gasteiger partial charge in [0.05, 0.1) is 6.20 Å². The minimum atomic E-state index is 0.660. The maximum atomic E-state index is 4.63. The first-order valence-electron chi connectivity index (χ1n) is 9.88. The molecule has 0 spiro atoms. The van der Waals surface area contributed by atoms with Crippen LogP contribution in [0.5, 0.6) is 0 Å². The quantitative estimate of drug-likeness (QED) is 0.668. The van der Waals surface area contributed by atoms with E-state index < -0.39 is 0 Å². The molecule has 3 aromatic rings. The van der Waals surface area contributed by atoms with E-state index in [9.17, 15) is 0 Å². The summed E-state index contributed by atoms with van der Waals surface area (Å²) in [6.45, 7) is 5.37. The molecule has 0 unspecified atom stereocenters. The number of anilines is 2. The van der Waals surface area contributed by atoms with Crippen LogP contribution < -0.4 is 10.2 Å². The molecule has 1 fully saturated rings. The maximum absolute atomic E-state index is 4.63. The van der Waals surface area contributed by atoms with Crippen LogP contribution >= 0.6 is 0 Å². The highest BCUT2D eigenvalue weighted by Gasteiger charge is 2.18. The summed E-state index contributed by atoms with van der Waals surface area (Å²) in [4.78, 5) is 13.4. The number of benzene rings is 1. The lowest BCUT2D eigenvalue weighted by molar-refractivity contribution is 0.282. The average molecular weight is 387 g/mol. The minimum absolute atomic E-state index is 0.660. The Morgan fingerprint density at radius 1 is 0.966 bits per heavy atom. The van der Waals surface area contributed by atoms with Gasteiger partial charge < -0.3 is 10.2 Å². The van der Waals surface area contributed by atoms with Crippen LogP contribution in [-0.4, -0.2) is 57.8 Å². The first-order chi connectivity index (χ1) is 14.4. The number of nitrogens with zero attached hydrogens (tertiary/aromatic N) is 6. The van der Waals surface area contributed by atoms with Crippen LogP contribution in [0.25, 0.3) is 6.08 Å². The second kappa shape index (κ2) is 9.75. The van der Waals surface area contributed by atoms with Crippen molar-refractivity contribution in [3.63, 3.8) is 0 Å². The third-order valence-electron chi connectivity index (χ3n) is 4.87. The molecule has 0 radical (unpaired) electrons. The fourth-order valence-electron chi connectivity index (χ4n) is 3.24. The predicted molar refractivity (Wildman–Crippen MR) is 116 cm³/mol. The normalized spacial score (nSPS) is 15.0. The summed E-state index contributed by atoms with van der Waals surface area (Å²) in [5.74, 6) is 1.41. The molecule has 1 aromatic carbocycles. The van der Waals surface area contributed by atoms with E-state index in [0.29, 0.717) is 12.5 Å². The van der Waals surface area contributed by atoms with Crippen molar-refractivity contribution in [1.82, 2.24) is 25.1 Å². The lowest BCUT2D eigenvalue weighted by atomic mass is 10.2. The summed E-state index contributed by atoms with van der Waals surface area (Å²) < 4.78 is 0. The van der Waals surface area contributed by atoms with E-state index in [0.717, 1.165) is 44.1 Å². The number of aromatic nitrogens is 4. The summed E-state index contributed by atoms with van der Waals surface area (Å²) in [7, 11) is 0. The van der Waals surface area contributed by atoms with E-state index in [1.54, 1.807) is 12.4 Å². The standard InChI is InChI=1S/C22H25N7/c1-2-6-19(7-3-1)9-5-11-28-12-14-29(15-13-28)22-26-21(18-25-27-22)24-17-20-8-4-10-23-16-20/h1-10,16,18H,11-15,17H2,(H,24,26,27)/b9-5+. The van der Waals surface area contributed by atoms with Gasteiger partial charge in [0.15, 0.2) is 5.82 Å². The number of piperazine rings is 1. The van der Waals surface area contributed by atoms with Crippen molar-refractivity contribution >= 4 is 17.8 Å². The average Bonchev–Trinajstić information content (AvgIpc) is 2.80. The molecule has 3 heterocycles. The summed E-state index contributed by atoms with van der Waals surface area (Å²) in [5.41, 5.74) is 2.34. The maximum Gasteiger partial charge on any atom is 0.247 e. The molecule has 1 aliphatic heterocycles. The van der Waals surface area contributed by atoms with Crippen molar-refractivity contribution < 1.29 is 0 Å². The van der Waals surface area contributed by atoms with Gasteiger partial charge in [-0.3, -0.25) is 9.88 Å². The monoisotopic (exact) mass is 387 g/mol. The molecule has 1 aliphatic rings. The summed E-state index contributed by atoms with van der Waals surface area (Å²) in [5, 5.41) is 11.6. The third kappa shape index (κ3) is 5.58. The zero-order valence-corrected chi connectivity index (χ0v) is 16.4. The zero-order valence-electron chi connectivity index (χ0n) is 16.4. The highest BCUT2D eigenvalue weighted by molar-refractivity contribution is 5.48. The fourth-order valence-corrected chi connectivity index (χ4v) is 3.24. The van der Waals surface area contributed by atoms with Gasteiger partial charge in [0.25, 0.3) is 0 Å². The van der Waals surface area contributed by atoms with E-state index in [-0.39, 0.29) is 0 Å². The van der Waals surface area contributed by atoms with Crippen LogP contribution in [0, 0.1) is 0 Å². The smallest absolute Gasteiger partial charge is 0.247 e. The Hall–Kier alpha value is -3.32. The van der Waals surface area contributed by atoms with Gasteiger partial charge in [-0.2, -0.15) is 10.1 Å². The number of hydrogen-bond acceptors (Lipinski definition) is 7. The summed E-state index contributed by atoms with van der Waals surface area (Å²) in [6, 6.07) is 14.4. The van der Waals surface area contributed by atoms with Gasteiger partial charge in [0, 0.05) is 51.7 Å². The Kier molecular flexibility index (Phi) is 6.39. The van der Waals surface area contributed by atoms with Crippen LogP contribution in [0.1, 0.15) is 11.1 Å². The van der Waals surface area contributed by atoms with Gasteiger partial charge in [0.1, 0.15) is 0 Å². The van der Waals surface area contributed by atoms with Crippen LogP contribution in [0.4, 0.5) is 11.8 Å². The molecule has 7 nitrogen and oxygen atoms in total. The van der Waals surface area contributed by atoms with Crippen molar-refractivity contribution in [2.45, 2.75) is 6.54 Å². The molecule has 0 atom stereocenters. The van der Waals surface area contributed by atoms with E-state index in [1.165, 1.54) is 5.56 Å². The molecule has 29 heavy (non-hydrogen) atoms. The molecule has 0 bridgehead atoms. The lowest BCUT2D eigenvalue weighted by Gasteiger charge is -2.33. The highest BCUT2D eigenvalue weighted by atomic mass is 15.4. The van der Waals surface area contributed by atoms with Gasteiger partial charge in [-0.1, -0.05) is 48.6 Å². The molecule has 0 aliphatic carbocycles. The Morgan fingerprint density at radius 2 is 1.83 bits per heavy atom. The van der Waals surface area contributed by atoms with Crippen molar-refractivity contribution in [2.24, 2.45) is 0 Å². The van der Waals surface area contributed by atoms with Crippen molar-refractivity contribution in [3.05, 3.63) is 78.3 Å². The highest BCUT2D eigenvalue weighted by Crippen LogP contribution is 2.13. The molecular formula is C22H25N7. The molecule has 1 N–H and O–H groups in total. The predicted octanol–water partition coefficient (Wildman–Crippen LogP) is 2.71. The van der Waals surface area contributed by atoms with E-state index >= 15 is 0 Å². The van der Waals surface area contributed by atoms with Crippen LogP contribution in [0.2, 0.25) is 0 Å². The number of rotatable bonds is 7. The Labute approximate surface area is 171 Å². The second-order valence-corrected chi connectivity index (χ2v) is 6.96. The van der Waals surface area contributed by atoms with E-state index in [4.69, 9.17) is 0 Å². The lowest BCUT2D eigenvalue weighted by Crippen LogP contribution is -2.47. The Bertz CT molecular complexity index is 907. The van der Waals surface area contributed by atoms with E-state index in [1.807, 2.05) is 24.4 Å². The molecule has 0 amide bonds. The third-order valence-corrected chi connectivity index (χ3v) is 4.87. The first kappa shape index (κ1) is 19.0. The number of nitrogens with one attached hydrogen (secondary N) is 1. The molecule has 2 aromatic heterocycles. The molecule has 7 heteroatoms. The SMILES string of the molecule is C(=C\c1ccccc1)/CN1CCN(c2nncc(NCc3cccnc3)n2)CC1.